The molecule has 0 spiro atoms. The summed E-state index contributed by atoms with van der Waals surface area (Å²) in [5.41, 5.74) is 2.89. The van der Waals surface area contributed by atoms with Crippen molar-refractivity contribution in [3.8, 4) is 0 Å². The van der Waals surface area contributed by atoms with Crippen LogP contribution in [0, 0.1) is 6.92 Å². The van der Waals surface area contributed by atoms with E-state index in [1.807, 2.05) is 6.92 Å². The van der Waals surface area contributed by atoms with Gasteiger partial charge in [-0.25, -0.2) is 13.2 Å². The first kappa shape index (κ1) is 24.5. The van der Waals surface area contributed by atoms with Gasteiger partial charge >= 0.3 is 6.03 Å². The molecule has 0 aliphatic carbocycles. The topological polar surface area (TPSA) is 108 Å². The molecule has 0 fully saturated rings. The minimum Gasteiger partial charge on any atom is -0.334 e. The molecule has 3 aromatic rings. The molecule has 3 amide bonds. The van der Waals surface area contributed by atoms with E-state index in [-0.39, 0.29) is 16.8 Å². The number of benzene rings is 3. The van der Waals surface area contributed by atoms with Crippen LogP contribution in [0.25, 0.3) is 0 Å². The van der Waals surface area contributed by atoms with Gasteiger partial charge in [-0.1, -0.05) is 23.8 Å². The molecule has 9 heteroatoms. The lowest BCUT2D eigenvalue weighted by atomic mass is 10.2. The lowest BCUT2D eigenvalue weighted by molar-refractivity contribution is 0.102. The summed E-state index contributed by atoms with van der Waals surface area (Å²) in [6, 6.07) is 19.2. The highest BCUT2D eigenvalue weighted by Gasteiger charge is 2.21. The van der Waals surface area contributed by atoms with Crippen molar-refractivity contribution >= 4 is 39.0 Å². The zero-order valence-electron chi connectivity index (χ0n) is 18.9. The SMILES string of the molecule is C=CCNC(=O)Nc1ccc(NC(=O)c2ccc(N(C)S(=O)(=O)c3ccc(C)cc3)cc2)cc1. The molecule has 0 aliphatic heterocycles. The van der Waals surface area contributed by atoms with E-state index in [1.165, 1.54) is 11.4 Å². The number of anilines is 3. The predicted octanol–water partition coefficient (Wildman–Crippen LogP) is 4.38. The fourth-order valence-corrected chi connectivity index (χ4v) is 4.21. The van der Waals surface area contributed by atoms with E-state index >= 15 is 0 Å². The Balaban J connectivity index is 1.64. The molecular formula is C25H26N4O4S. The second-order valence-corrected chi connectivity index (χ2v) is 9.46. The summed E-state index contributed by atoms with van der Waals surface area (Å²) >= 11 is 0. The maximum Gasteiger partial charge on any atom is 0.319 e. The Morgan fingerprint density at radius 3 is 2.00 bits per heavy atom. The van der Waals surface area contributed by atoms with Gasteiger partial charge in [-0.2, -0.15) is 0 Å². The summed E-state index contributed by atoms with van der Waals surface area (Å²) < 4.78 is 26.9. The van der Waals surface area contributed by atoms with Crippen molar-refractivity contribution in [1.82, 2.24) is 5.32 Å². The maximum atomic E-state index is 12.9. The summed E-state index contributed by atoms with van der Waals surface area (Å²) in [5, 5.41) is 8.04. The van der Waals surface area contributed by atoms with Gasteiger partial charge in [-0.3, -0.25) is 9.10 Å². The van der Waals surface area contributed by atoms with E-state index in [9.17, 15) is 18.0 Å². The van der Waals surface area contributed by atoms with Crippen molar-refractivity contribution < 1.29 is 18.0 Å². The highest BCUT2D eigenvalue weighted by atomic mass is 32.2. The van der Waals surface area contributed by atoms with Crippen molar-refractivity contribution in [2.24, 2.45) is 0 Å². The van der Waals surface area contributed by atoms with Gasteiger partial charge in [-0.15, -0.1) is 6.58 Å². The third-order valence-electron chi connectivity index (χ3n) is 4.98. The van der Waals surface area contributed by atoms with Crippen molar-refractivity contribution in [2.75, 3.05) is 28.5 Å². The molecular weight excluding hydrogens is 452 g/mol. The van der Waals surface area contributed by atoms with Crippen LogP contribution in [-0.2, 0) is 10.0 Å². The molecule has 0 bridgehead atoms. The average Bonchev–Trinajstić information content (AvgIpc) is 2.84. The van der Waals surface area contributed by atoms with Crippen molar-refractivity contribution in [2.45, 2.75) is 11.8 Å². The van der Waals surface area contributed by atoms with Gasteiger partial charge in [0.2, 0.25) is 0 Å². The number of sulfonamides is 1. The molecule has 176 valence electrons. The van der Waals surface area contributed by atoms with E-state index in [0.717, 1.165) is 5.56 Å². The minimum atomic E-state index is -3.72. The third kappa shape index (κ3) is 6.02. The number of hydrogen-bond donors (Lipinski definition) is 3. The quantitative estimate of drug-likeness (QED) is 0.418. The molecule has 0 aromatic heterocycles. The first-order chi connectivity index (χ1) is 16.2. The van der Waals surface area contributed by atoms with Gasteiger partial charge < -0.3 is 16.0 Å². The van der Waals surface area contributed by atoms with Crippen molar-refractivity contribution in [1.29, 1.82) is 0 Å². The standard InChI is InChI=1S/C25H26N4O4S/c1-4-17-26-25(31)28-21-11-9-20(10-12-21)27-24(30)19-7-13-22(14-8-19)29(3)34(32,33)23-15-5-18(2)6-16-23/h4-16H,1,17H2,2-3H3,(H,27,30)(H2,26,28,31). The Morgan fingerprint density at radius 1 is 0.882 bits per heavy atom. The van der Waals surface area contributed by atoms with Gasteiger partial charge in [0.15, 0.2) is 0 Å². The predicted molar refractivity (Wildman–Crippen MR) is 135 cm³/mol. The highest BCUT2D eigenvalue weighted by Crippen LogP contribution is 2.23. The zero-order chi connectivity index (χ0) is 24.7. The Bertz CT molecular complexity index is 1270. The molecule has 0 atom stereocenters. The molecule has 0 unspecified atom stereocenters. The van der Waals surface area contributed by atoms with Crippen LogP contribution in [0.5, 0.6) is 0 Å². The van der Waals surface area contributed by atoms with E-state index < -0.39 is 10.0 Å². The largest absolute Gasteiger partial charge is 0.334 e. The Kier molecular flexibility index (Phi) is 7.70. The summed E-state index contributed by atoms with van der Waals surface area (Å²) in [5.74, 6) is -0.347. The van der Waals surface area contributed by atoms with Crippen LogP contribution >= 0.6 is 0 Å². The van der Waals surface area contributed by atoms with Crippen LogP contribution in [-0.4, -0.2) is 33.9 Å². The Labute approximate surface area is 199 Å². The number of nitrogens with one attached hydrogen (secondary N) is 3. The van der Waals surface area contributed by atoms with Gasteiger partial charge in [-0.05, 0) is 67.6 Å². The molecule has 0 saturated carbocycles. The molecule has 8 nitrogen and oxygen atoms in total. The number of aryl methyl sites for hydroxylation is 1. The summed E-state index contributed by atoms with van der Waals surface area (Å²) in [6.45, 7) is 5.77. The molecule has 0 saturated heterocycles. The number of carbonyl (C=O) groups is 2. The average molecular weight is 479 g/mol. The smallest absolute Gasteiger partial charge is 0.319 e. The van der Waals surface area contributed by atoms with E-state index in [2.05, 4.69) is 22.5 Å². The normalized spacial score (nSPS) is 10.8. The van der Waals surface area contributed by atoms with Gasteiger partial charge in [0, 0.05) is 30.5 Å². The lowest BCUT2D eigenvalue weighted by Gasteiger charge is -2.20. The van der Waals surface area contributed by atoms with Gasteiger partial charge in [0.05, 0.1) is 10.6 Å². The minimum absolute atomic E-state index is 0.193. The number of hydrogen-bond acceptors (Lipinski definition) is 4. The molecule has 0 radical (unpaired) electrons. The van der Waals surface area contributed by atoms with Crippen LogP contribution in [0.1, 0.15) is 15.9 Å². The lowest BCUT2D eigenvalue weighted by Crippen LogP contribution is -2.28. The molecule has 3 N–H and O–H groups in total. The third-order valence-corrected chi connectivity index (χ3v) is 6.78. The molecule has 0 heterocycles. The molecule has 0 aliphatic rings. The maximum absolute atomic E-state index is 12.9. The molecule has 3 rings (SSSR count). The number of amides is 3. The monoisotopic (exact) mass is 478 g/mol. The number of nitrogens with zero attached hydrogens (tertiary/aromatic N) is 1. The first-order valence-electron chi connectivity index (χ1n) is 10.4. The van der Waals surface area contributed by atoms with E-state index in [1.54, 1.807) is 78.9 Å². The van der Waals surface area contributed by atoms with Crippen LogP contribution < -0.4 is 20.3 Å². The van der Waals surface area contributed by atoms with Gasteiger partial charge in [0.1, 0.15) is 0 Å². The number of carbonyl (C=O) groups excluding carboxylic acids is 2. The second kappa shape index (κ2) is 10.7. The van der Waals surface area contributed by atoms with Gasteiger partial charge in [0.25, 0.3) is 15.9 Å². The first-order valence-corrected chi connectivity index (χ1v) is 11.9. The zero-order valence-corrected chi connectivity index (χ0v) is 19.7. The second-order valence-electron chi connectivity index (χ2n) is 7.49. The van der Waals surface area contributed by atoms with Crippen LogP contribution in [0.15, 0.2) is 90.3 Å². The summed E-state index contributed by atoms with van der Waals surface area (Å²) in [4.78, 5) is 24.5. The Morgan fingerprint density at radius 2 is 1.44 bits per heavy atom. The number of urea groups is 1. The molecule has 3 aromatic carbocycles. The Hall–Kier alpha value is -4.11. The summed E-state index contributed by atoms with van der Waals surface area (Å²) in [7, 11) is -2.25. The van der Waals surface area contributed by atoms with Crippen molar-refractivity contribution in [3.63, 3.8) is 0 Å². The van der Waals surface area contributed by atoms with Crippen LogP contribution in [0.2, 0.25) is 0 Å². The van der Waals surface area contributed by atoms with Crippen LogP contribution in [0.4, 0.5) is 21.9 Å². The fraction of sp³-hybridized carbons (Fsp3) is 0.120. The molecule has 34 heavy (non-hydrogen) atoms. The van der Waals surface area contributed by atoms with Crippen LogP contribution in [0.3, 0.4) is 0 Å². The van der Waals surface area contributed by atoms with Crippen molar-refractivity contribution in [3.05, 3.63) is 96.6 Å². The summed E-state index contributed by atoms with van der Waals surface area (Å²) in [6.07, 6.45) is 1.58. The van der Waals surface area contributed by atoms with E-state index in [4.69, 9.17) is 0 Å². The number of rotatable bonds is 8. The van der Waals surface area contributed by atoms with E-state index in [0.29, 0.717) is 29.2 Å². The fourth-order valence-electron chi connectivity index (χ4n) is 3.01. The highest BCUT2D eigenvalue weighted by molar-refractivity contribution is 7.92.